The summed E-state index contributed by atoms with van der Waals surface area (Å²) in [7, 11) is 0. The molecule has 8 nitrogen and oxygen atoms in total. The van der Waals surface area contributed by atoms with Gasteiger partial charge >= 0.3 is 0 Å². The summed E-state index contributed by atoms with van der Waals surface area (Å²) < 4.78 is 41.3. The van der Waals surface area contributed by atoms with E-state index in [9.17, 15) is 23.1 Å². The van der Waals surface area contributed by atoms with Crippen molar-refractivity contribution in [3.8, 4) is 5.82 Å². The van der Waals surface area contributed by atoms with Crippen molar-refractivity contribution in [2.75, 3.05) is 11.9 Å². The normalized spacial score (nSPS) is 13.1. The number of fused-ring (bicyclic) bond motifs is 1. The molecule has 3 N–H and O–H groups in total. The SMILES string of the molecule is CC(C)Nc1cc(-n2ncc3cc(C(F)F)cnc32)ncc1C(=O)NC[C@@H](F)C(C)(C)O. The van der Waals surface area contributed by atoms with E-state index in [0.717, 1.165) is 6.20 Å². The van der Waals surface area contributed by atoms with Crippen LogP contribution in [-0.2, 0) is 0 Å². The molecular formula is C21H25F3N6O2. The predicted octanol–water partition coefficient (Wildman–Crippen LogP) is 3.41. The molecule has 3 aromatic heterocycles. The summed E-state index contributed by atoms with van der Waals surface area (Å²) in [5, 5.41) is 19.9. The number of pyridine rings is 2. The molecule has 3 aromatic rings. The van der Waals surface area contributed by atoms with E-state index in [1.165, 1.54) is 37.0 Å². The van der Waals surface area contributed by atoms with E-state index in [4.69, 9.17) is 0 Å². The molecule has 0 aliphatic carbocycles. The first-order valence-corrected chi connectivity index (χ1v) is 10.0. The highest BCUT2D eigenvalue weighted by Crippen LogP contribution is 2.25. The summed E-state index contributed by atoms with van der Waals surface area (Å²) in [6, 6.07) is 2.84. The lowest BCUT2D eigenvalue weighted by molar-refractivity contribution is -0.00177. The van der Waals surface area contributed by atoms with Gasteiger partial charge in [0, 0.05) is 35.5 Å². The van der Waals surface area contributed by atoms with Crippen LogP contribution in [-0.4, -0.2) is 55.1 Å². The van der Waals surface area contributed by atoms with Crippen molar-refractivity contribution in [3.63, 3.8) is 0 Å². The lowest BCUT2D eigenvalue weighted by Crippen LogP contribution is -2.42. The van der Waals surface area contributed by atoms with Crippen molar-refractivity contribution < 1.29 is 23.1 Å². The van der Waals surface area contributed by atoms with Crippen LogP contribution in [0.2, 0.25) is 0 Å². The van der Waals surface area contributed by atoms with Crippen molar-refractivity contribution >= 4 is 22.6 Å². The van der Waals surface area contributed by atoms with Crippen LogP contribution in [0.3, 0.4) is 0 Å². The number of alkyl halides is 3. The first-order valence-electron chi connectivity index (χ1n) is 10.0. The molecule has 0 saturated heterocycles. The van der Waals surface area contributed by atoms with E-state index >= 15 is 0 Å². The average Bonchev–Trinajstić information content (AvgIpc) is 3.13. The zero-order valence-corrected chi connectivity index (χ0v) is 18.1. The Bertz CT molecular complexity index is 1110. The third kappa shape index (κ3) is 5.16. The molecule has 0 aliphatic rings. The molecule has 3 heterocycles. The minimum Gasteiger partial charge on any atom is -0.387 e. The minimum atomic E-state index is -2.65. The highest BCUT2D eigenvalue weighted by atomic mass is 19.3. The molecule has 0 fully saturated rings. The van der Waals surface area contributed by atoms with E-state index in [2.05, 4.69) is 25.7 Å². The Balaban J connectivity index is 1.93. The fourth-order valence-corrected chi connectivity index (χ4v) is 2.92. The standard InChI is InChI=1S/C21H25F3N6O2/c1-11(2)29-15-6-17(25-9-14(15)20(31)27-10-16(22)21(3,4)32)30-19-13(8-28-30)5-12(7-26-19)18(23)24/h5-9,11,16,18,32H,10H2,1-4H3,(H,25,29)(H,27,31)/t16-/m1/s1. The van der Waals surface area contributed by atoms with E-state index in [1.807, 2.05) is 13.8 Å². The van der Waals surface area contributed by atoms with Gasteiger partial charge in [0.05, 0.1) is 29.6 Å². The molecular weight excluding hydrogens is 425 g/mol. The van der Waals surface area contributed by atoms with Crippen LogP contribution in [0.4, 0.5) is 18.9 Å². The first-order chi connectivity index (χ1) is 15.0. The van der Waals surface area contributed by atoms with E-state index in [-0.39, 0.29) is 23.7 Å². The molecule has 0 unspecified atom stereocenters. The Kier molecular flexibility index (Phi) is 6.68. The van der Waals surface area contributed by atoms with Crippen LogP contribution >= 0.6 is 0 Å². The van der Waals surface area contributed by atoms with Crippen LogP contribution in [0.25, 0.3) is 16.9 Å². The summed E-state index contributed by atoms with van der Waals surface area (Å²) in [5.41, 5.74) is -0.868. The maximum absolute atomic E-state index is 14.0. The van der Waals surface area contributed by atoms with Gasteiger partial charge < -0.3 is 15.7 Å². The van der Waals surface area contributed by atoms with Gasteiger partial charge in [0.25, 0.3) is 12.3 Å². The van der Waals surface area contributed by atoms with Crippen molar-refractivity contribution in [2.45, 2.75) is 51.9 Å². The van der Waals surface area contributed by atoms with Gasteiger partial charge in [-0.3, -0.25) is 4.79 Å². The van der Waals surface area contributed by atoms with Gasteiger partial charge in [0.2, 0.25) is 0 Å². The molecule has 0 spiro atoms. The molecule has 172 valence electrons. The Morgan fingerprint density at radius 2 is 1.88 bits per heavy atom. The highest BCUT2D eigenvalue weighted by Gasteiger charge is 2.27. The minimum absolute atomic E-state index is 0.0387. The third-order valence-corrected chi connectivity index (χ3v) is 4.68. The summed E-state index contributed by atoms with van der Waals surface area (Å²) in [5.74, 6) is -0.249. The second-order valence-electron chi connectivity index (χ2n) is 8.26. The fraction of sp³-hybridized carbons (Fsp3) is 0.429. The summed E-state index contributed by atoms with van der Waals surface area (Å²) in [4.78, 5) is 21.0. The lowest BCUT2D eigenvalue weighted by atomic mass is 10.0. The van der Waals surface area contributed by atoms with Crippen LogP contribution < -0.4 is 10.6 Å². The molecule has 0 aliphatic heterocycles. The molecule has 1 atom stereocenters. The number of rotatable bonds is 8. The van der Waals surface area contributed by atoms with Crippen LogP contribution in [0, 0.1) is 0 Å². The fourth-order valence-electron chi connectivity index (χ4n) is 2.92. The molecule has 0 radical (unpaired) electrons. The number of carbonyl (C=O) groups is 1. The second-order valence-corrected chi connectivity index (χ2v) is 8.26. The zero-order chi connectivity index (χ0) is 23.6. The summed E-state index contributed by atoms with van der Waals surface area (Å²) >= 11 is 0. The maximum atomic E-state index is 14.0. The third-order valence-electron chi connectivity index (χ3n) is 4.68. The quantitative estimate of drug-likeness (QED) is 0.486. The van der Waals surface area contributed by atoms with Crippen molar-refractivity contribution in [2.24, 2.45) is 0 Å². The number of carbonyl (C=O) groups excluding carboxylic acids is 1. The van der Waals surface area contributed by atoms with Gasteiger partial charge in [-0.2, -0.15) is 9.78 Å². The highest BCUT2D eigenvalue weighted by molar-refractivity contribution is 5.99. The molecule has 3 rings (SSSR count). The Hall–Kier alpha value is -3.21. The van der Waals surface area contributed by atoms with Crippen molar-refractivity contribution in [1.82, 2.24) is 25.1 Å². The maximum Gasteiger partial charge on any atom is 0.265 e. The van der Waals surface area contributed by atoms with Gasteiger partial charge in [-0.1, -0.05) is 0 Å². The Labute approximate surface area is 182 Å². The number of nitrogens with one attached hydrogen (secondary N) is 2. The predicted molar refractivity (Wildman–Crippen MR) is 114 cm³/mol. The number of anilines is 1. The molecule has 32 heavy (non-hydrogen) atoms. The first kappa shape index (κ1) is 23.5. The topological polar surface area (TPSA) is 105 Å². The number of hydrogen-bond donors (Lipinski definition) is 3. The zero-order valence-electron chi connectivity index (χ0n) is 18.1. The Morgan fingerprint density at radius 3 is 2.50 bits per heavy atom. The number of aromatic nitrogens is 4. The smallest absolute Gasteiger partial charge is 0.265 e. The molecule has 1 amide bonds. The van der Waals surface area contributed by atoms with Crippen LogP contribution in [0.5, 0.6) is 0 Å². The summed E-state index contributed by atoms with van der Waals surface area (Å²) in [6.07, 6.45) is -0.498. The van der Waals surface area contributed by atoms with Crippen LogP contribution in [0.15, 0.2) is 30.7 Å². The molecule has 0 saturated carbocycles. The number of aliphatic hydroxyl groups is 1. The summed E-state index contributed by atoms with van der Waals surface area (Å²) in [6.45, 7) is 6.03. The van der Waals surface area contributed by atoms with E-state index < -0.39 is 24.1 Å². The van der Waals surface area contributed by atoms with Crippen molar-refractivity contribution in [1.29, 1.82) is 0 Å². The largest absolute Gasteiger partial charge is 0.387 e. The van der Waals surface area contributed by atoms with Crippen molar-refractivity contribution in [3.05, 3.63) is 41.9 Å². The average molecular weight is 450 g/mol. The number of amides is 1. The van der Waals surface area contributed by atoms with Crippen LogP contribution in [0.1, 0.15) is 50.0 Å². The second kappa shape index (κ2) is 9.11. The van der Waals surface area contributed by atoms with Gasteiger partial charge in [-0.25, -0.2) is 23.1 Å². The number of nitrogens with zero attached hydrogens (tertiary/aromatic N) is 4. The van der Waals surface area contributed by atoms with Gasteiger partial charge in [0.1, 0.15) is 6.17 Å². The van der Waals surface area contributed by atoms with E-state index in [0.29, 0.717) is 22.5 Å². The molecule has 0 bridgehead atoms. The number of halogens is 3. The van der Waals surface area contributed by atoms with Gasteiger partial charge in [-0.15, -0.1) is 0 Å². The van der Waals surface area contributed by atoms with E-state index in [1.54, 1.807) is 6.07 Å². The Morgan fingerprint density at radius 1 is 1.16 bits per heavy atom. The molecule has 11 heteroatoms. The van der Waals surface area contributed by atoms with Gasteiger partial charge in [-0.05, 0) is 33.8 Å². The molecule has 0 aromatic carbocycles. The monoisotopic (exact) mass is 450 g/mol. The number of hydrogen-bond acceptors (Lipinski definition) is 6. The lowest BCUT2D eigenvalue weighted by Gasteiger charge is -2.23. The van der Waals surface area contributed by atoms with Gasteiger partial charge in [0.15, 0.2) is 11.5 Å².